The van der Waals surface area contributed by atoms with Gasteiger partial charge in [0.1, 0.15) is 0 Å². The molecular formula is C34H41N5O6S. The van der Waals surface area contributed by atoms with Crippen molar-refractivity contribution in [1.29, 1.82) is 0 Å². The molecule has 0 radical (unpaired) electrons. The molecule has 3 rings (SSSR count). The van der Waals surface area contributed by atoms with E-state index in [1.165, 1.54) is 21.6 Å². The van der Waals surface area contributed by atoms with E-state index in [2.05, 4.69) is 16.0 Å². The highest BCUT2D eigenvalue weighted by molar-refractivity contribution is 8.00. The fourth-order valence-electron chi connectivity index (χ4n) is 4.25. The fraction of sp³-hybridized carbons (Fsp3) is 0.324. The van der Waals surface area contributed by atoms with Crippen LogP contribution in [-0.2, 0) is 19.2 Å². The summed E-state index contributed by atoms with van der Waals surface area (Å²) in [6, 6.07) is 22.9. The number of amides is 5. The van der Waals surface area contributed by atoms with Gasteiger partial charge in [0.15, 0.2) is 0 Å². The first-order valence-electron chi connectivity index (χ1n) is 15.0. The molecule has 0 aliphatic heterocycles. The van der Waals surface area contributed by atoms with Gasteiger partial charge in [-0.3, -0.25) is 19.2 Å². The van der Waals surface area contributed by atoms with E-state index in [0.29, 0.717) is 30.0 Å². The smallest absolute Gasteiger partial charge is 0.323 e. The monoisotopic (exact) mass is 647 g/mol. The maximum absolute atomic E-state index is 13.4. The van der Waals surface area contributed by atoms with E-state index in [1.54, 1.807) is 30.3 Å². The lowest BCUT2D eigenvalue weighted by Gasteiger charge is -2.27. The van der Waals surface area contributed by atoms with Gasteiger partial charge in [0.05, 0.1) is 25.3 Å². The molecule has 12 heteroatoms. The Balaban J connectivity index is 1.60. The second-order valence-electron chi connectivity index (χ2n) is 11.1. The number of carboxylic acids is 1. The maximum atomic E-state index is 13.4. The van der Waals surface area contributed by atoms with E-state index in [-0.39, 0.29) is 43.6 Å². The Morgan fingerprint density at radius 3 is 1.98 bits per heavy atom. The summed E-state index contributed by atoms with van der Waals surface area (Å²) in [5.74, 6) is -2.02. The largest absolute Gasteiger partial charge is 0.481 e. The first-order chi connectivity index (χ1) is 22.0. The number of thioether (sulfide) groups is 1. The van der Waals surface area contributed by atoms with Gasteiger partial charge in [-0.15, -0.1) is 11.8 Å². The van der Waals surface area contributed by atoms with Gasteiger partial charge in [-0.05, 0) is 67.3 Å². The van der Waals surface area contributed by atoms with E-state index in [1.807, 2.05) is 69.3 Å². The van der Waals surface area contributed by atoms with Crippen molar-refractivity contribution < 1.29 is 29.1 Å². The molecule has 0 aromatic heterocycles. The summed E-state index contributed by atoms with van der Waals surface area (Å²) in [4.78, 5) is 66.7. The number of hydrogen-bond acceptors (Lipinski definition) is 6. The molecule has 0 spiro atoms. The normalized spacial score (nSPS) is 10.6. The first kappa shape index (κ1) is 35.6. The summed E-state index contributed by atoms with van der Waals surface area (Å²) < 4.78 is 0. The summed E-state index contributed by atoms with van der Waals surface area (Å²) in [7, 11) is 0. The predicted molar refractivity (Wildman–Crippen MR) is 181 cm³/mol. The van der Waals surface area contributed by atoms with Crippen LogP contribution in [0.15, 0.2) is 83.8 Å². The van der Waals surface area contributed by atoms with Gasteiger partial charge < -0.3 is 30.9 Å². The number of carbonyl (C=O) groups excluding carboxylic acids is 4. The van der Waals surface area contributed by atoms with Crippen molar-refractivity contribution in [3.8, 4) is 0 Å². The van der Waals surface area contributed by atoms with Gasteiger partial charge in [0.2, 0.25) is 17.7 Å². The Bertz CT molecular complexity index is 1480. The number of rotatable bonds is 16. The lowest BCUT2D eigenvalue weighted by molar-refractivity contribution is -0.142. The number of urea groups is 1. The predicted octanol–water partition coefficient (Wildman–Crippen LogP) is 5.55. The van der Waals surface area contributed by atoms with Gasteiger partial charge >= 0.3 is 12.0 Å². The molecule has 0 aliphatic carbocycles. The molecule has 3 aromatic rings. The van der Waals surface area contributed by atoms with Crippen LogP contribution >= 0.6 is 11.8 Å². The highest BCUT2D eigenvalue weighted by Gasteiger charge is 2.24. The van der Waals surface area contributed by atoms with Crippen LogP contribution in [0.1, 0.15) is 32.3 Å². The van der Waals surface area contributed by atoms with Crippen molar-refractivity contribution in [3.63, 3.8) is 0 Å². The third-order valence-electron chi connectivity index (χ3n) is 6.86. The van der Waals surface area contributed by atoms with Crippen LogP contribution in [0.4, 0.5) is 21.9 Å². The Kier molecular flexibility index (Phi) is 14.1. The van der Waals surface area contributed by atoms with Gasteiger partial charge in [-0.1, -0.05) is 50.2 Å². The van der Waals surface area contributed by atoms with E-state index in [4.69, 9.17) is 0 Å². The van der Waals surface area contributed by atoms with Crippen LogP contribution in [0.25, 0.3) is 0 Å². The minimum atomic E-state index is -1.08. The molecule has 244 valence electrons. The molecule has 5 amide bonds. The summed E-state index contributed by atoms with van der Waals surface area (Å²) >= 11 is 1.30. The number of nitrogens with zero attached hydrogens (tertiary/aromatic N) is 2. The molecule has 0 unspecified atom stereocenters. The number of carboxylic acid groups (broad SMARTS) is 1. The van der Waals surface area contributed by atoms with Crippen molar-refractivity contribution in [2.45, 2.75) is 38.5 Å². The summed E-state index contributed by atoms with van der Waals surface area (Å²) in [6.07, 6.45) is 0.330. The van der Waals surface area contributed by atoms with Crippen molar-refractivity contribution in [2.75, 3.05) is 47.9 Å². The first-order valence-corrected chi connectivity index (χ1v) is 16.0. The summed E-state index contributed by atoms with van der Waals surface area (Å²) in [5.41, 5.74) is 2.62. The number of anilines is 3. The van der Waals surface area contributed by atoms with Crippen LogP contribution in [0.2, 0.25) is 0 Å². The number of aliphatic carboxylic acids is 1. The minimum absolute atomic E-state index is 0.0435. The van der Waals surface area contributed by atoms with Crippen LogP contribution in [0, 0.1) is 12.8 Å². The van der Waals surface area contributed by atoms with Gasteiger partial charge in [0, 0.05) is 35.0 Å². The zero-order valence-electron chi connectivity index (χ0n) is 26.3. The number of para-hydroxylation sites is 1. The molecule has 46 heavy (non-hydrogen) atoms. The van der Waals surface area contributed by atoms with Crippen LogP contribution < -0.4 is 16.0 Å². The molecule has 0 bridgehead atoms. The molecule has 11 nitrogen and oxygen atoms in total. The Labute approximate surface area is 273 Å². The van der Waals surface area contributed by atoms with Crippen molar-refractivity contribution >= 4 is 58.5 Å². The molecule has 4 N–H and O–H groups in total. The number of benzene rings is 3. The van der Waals surface area contributed by atoms with Gasteiger partial charge in [-0.2, -0.15) is 0 Å². The van der Waals surface area contributed by atoms with Gasteiger partial charge in [0.25, 0.3) is 0 Å². The Hall–Kier alpha value is -4.84. The van der Waals surface area contributed by atoms with E-state index >= 15 is 0 Å². The molecule has 3 aromatic carbocycles. The lowest BCUT2D eigenvalue weighted by Crippen LogP contribution is -2.47. The SMILES string of the molecule is Cc1ccccc1NC(=O)Nc1ccc(NC(=O)CN(CCC(C)C)C(=O)CN(CCC(=O)O)C(=O)CSc2ccccc2)cc1. The third kappa shape index (κ3) is 12.6. The molecule has 0 heterocycles. The van der Waals surface area contributed by atoms with Crippen molar-refractivity contribution in [3.05, 3.63) is 84.4 Å². The van der Waals surface area contributed by atoms with E-state index in [9.17, 15) is 29.1 Å². The maximum Gasteiger partial charge on any atom is 0.323 e. The minimum Gasteiger partial charge on any atom is -0.481 e. The highest BCUT2D eigenvalue weighted by atomic mass is 32.2. The summed E-state index contributed by atoms with van der Waals surface area (Å²) in [6.45, 7) is 5.49. The zero-order chi connectivity index (χ0) is 33.5. The third-order valence-corrected chi connectivity index (χ3v) is 7.86. The second-order valence-corrected chi connectivity index (χ2v) is 12.1. The topological polar surface area (TPSA) is 148 Å². The van der Waals surface area contributed by atoms with Crippen molar-refractivity contribution in [2.24, 2.45) is 5.92 Å². The van der Waals surface area contributed by atoms with Gasteiger partial charge in [-0.25, -0.2) is 4.79 Å². The average molecular weight is 648 g/mol. The molecular weight excluding hydrogens is 606 g/mol. The van der Waals surface area contributed by atoms with Crippen molar-refractivity contribution in [1.82, 2.24) is 9.80 Å². The molecule has 0 saturated heterocycles. The summed E-state index contributed by atoms with van der Waals surface area (Å²) in [5, 5.41) is 17.5. The second kappa shape index (κ2) is 18.2. The molecule has 0 saturated carbocycles. The number of carbonyl (C=O) groups is 5. The number of nitrogens with one attached hydrogen (secondary N) is 3. The number of hydrogen-bond donors (Lipinski definition) is 4. The molecule has 0 aliphatic rings. The standard InChI is InChI=1S/C34H41N5O6S/c1-24(2)17-19-38(31(41)22-39(20-18-33(43)44)32(42)23-46-28-10-5-4-6-11-28)21-30(40)35-26-13-15-27(16-14-26)36-34(45)37-29-12-8-7-9-25(29)3/h4-16,24H,17-23H2,1-3H3,(H,35,40)(H,43,44)(H2,36,37,45). The Morgan fingerprint density at radius 2 is 1.35 bits per heavy atom. The Morgan fingerprint density at radius 1 is 0.739 bits per heavy atom. The molecule has 0 atom stereocenters. The van der Waals surface area contributed by atoms with E-state index < -0.39 is 23.8 Å². The van der Waals surface area contributed by atoms with Crippen LogP contribution in [-0.4, -0.2) is 76.6 Å². The molecule has 0 fully saturated rings. The quantitative estimate of drug-likeness (QED) is 0.149. The highest BCUT2D eigenvalue weighted by Crippen LogP contribution is 2.19. The number of aryl methyl sites for hydroxylation is 1. The zero-order valence-corrected chi connectivity index (χ0v) is 27.1. The lowest BCUT2D eigenvalue weighted by atomic mass is 10.1. The van der Waals surface area contributed by atoms with Crippen LogP contribution in [0.3, 0.4) is 0 Å². The van der Waals surface area contributed by atoms with Crippen LogP contribution in [0.5, 0.6) is 0 Å². The van der Waals surface area contributed by atoms with E-state index in [0.717, 1.165) is 10.5 Å². The fourth-order valence-corrected chi connectivity index (χ4v) is 5.08. The average Bonchev–Trinajstić information content (AvgIpc) is 3.02.